The van der Waals surface area contributed by atoms with E-state index >= 15 is 0 Å². The second kappa shape index (κ2) is 8.16. The van der Waals surface area contributed by atoms with Crippen molar-refractivity contribution in [1.29, 1.82) is 0 Å². The lowest BCUT2D eigenvalue weighted by atomic mass is 10.1. The third-order valence-corrected chi connectivity index (χ3v) is 2.56. The first-order chi connectivity index (χ1) is 10.7. The minimum atomic E-state index is -1.12. The normalized spacial score (nSPS) is 25.0. The topological polar surface area (TPSA) is 114 Å². The van der Waals surface area contributed by atoms with E-state index in [9.17, 15) is 19.2 Å². The highest BCUT2D eigenvalue weighted by Crippen LogP contribution is 2.29. The Bertz CT molecular complexity index is 522. The van der Waals surface area contributed by atoms with E-state index in [1.54, 1.807) is 0 Å². The standard InChI is InChI=1S/C14H18O9/c1-7(15)19-6-12-14(22-10(4)18)11(20-8(2)16)5-13(23-12)21-9(3)17/h6,11,13-14H,5H2,1-4H3/b12-6-/t11-,13?,14-/m1/s1. The minimum absolute atomic E-state index is 0.0471. The first-order valence-corrected chi connectivity index (χ1v) is 6.74. The van der Waals surface area contributed by atoms with E-state index in [2.05, 4.69) is 0 Å². The monoisotopic (exact) mass is 330 g/mol. The first kappa shape index (κ1) is 18.5. The highest BCUT2D eigenvalue weighted by Gasteiger charge is 2.42. The fraction of sp³-hybridized carbons (Fsp3) is 0.571. The van der Waals surface area contributed by atoms with E-state index in [0.29, 0.717) is 0 Å². The van der Waals surface area contributed by atoms with Gasteiger partial charge in [0.25, 0.3) is 0 Å². The van der Waals surface area contributed by atoms with E-state index in [4.69, 9.17) is 23.7 Å². The third-order valence-electron chi connectivity index (χ3n) is 2.56. The SMILES string of the molecule is CC(=O)O/C=C1\OC(OC(C)=O)C[C@@H](OC(C)=O)[C@H]1OC(C)=O. The van der Waals surface area contributed by atoms with Gasteiger partial charge in [-0.3, -0.25) is 19.2 Å². The van der Waals surface area contributed by atoms with Gasteiger partial charge in [0.15, 0.2) is 18.0 Å². The van der Waals surface area contributed by atoms with Gasteiger partial charge in [-0.1, -0.05) is 0 Å². The van der Waals surface area contributed by atoms with E-state index in [1.165, 1.54) is 13.8 Å². The molecular weight excluding hydrogens is 312 g/mol. The molecule has 1 rings (SSSR count). The summed E-state index contributed by atoms with van der Waals surface area (Å²) in [5, 5.41) is 0. The largest absolute Gasteiger partial charge is 0.458 e. The summed E-state index contributed by atoms with van der Waals surface area (Å²) in [5.74, 6) is -2.65. The second-order valence-electron chi connectivity index (χ2n) is 4.70. The molecule has 128 valence electrons. The Morgan fingerprint density at radius 2 is 1.48 bits per heavy atom. The zero-order valence-electron chi connectivity index (χ0n) is 13.2. The van der Waals surface area contributed by atoms with E-state index in [-0.39, 0.29) is 12.2 Å². The van der Waals surface area contributed by atoms with Crippen molar-refractivity contribution < 1.29 is 42.9 Å². The van der Waals surface area contributed by atoms with Crippen molar-refractivity contribution in [1.82, 2.24) is 0 Å². The molecule has 0 radical (unpaired) electrons. The van der Waals surface area contributed by atoms with Crippen LogP contribution in [0.25, 0.3) is 0 Å². The summed E-state index contributed by atoms with van der Waals surface area (Å²) in [6.07, 6.45) is -2.29. The summed E-state index contributed by atoms with van der Waals surface area (Å²) >= 11 is 0. The van der Waals surface area contributed by atoms with Crippen molar-refractivity contribution >= 4 is 23.9 Å². The van der Waals surface area contributed by atoms with Crippen LogP contribution in [0.4, 0.5) is 0 Å². The van der Waals surface area contributed by atoms with Gasteiger partial charge < -0.3 is 23.7 Å². The van der Waals surface area contributed by atoms with Crippen LogP contribution in [0.3, 0.4) is 0 Å². The molecule has 0 spiro atoms. The summed E-state index contributed by atoms with van der Waals surface area (Å²) in [6, 6.07) is 0. The Balaban J connectivity index is 3.07. The number of carbonyl (C=O) groups excluding carboxylic acids is 4. The van der Waals surface area contributed by atoms with E-state index < -0.39 is 42.4 Å². The lowest BCUT2D eigenvalue weighted by Crippen LogP contribution is -2.45. The smallest absolute Gasteiger partial charge is 0.307 e. The average Bonchev–Trinajstić information content (AvgIpc) is 2.37. The van der Waals surface area contributed by atoms with Gasteiger partial charge in [0.05, 0.1) is 6.42 Å². The molecule has 0 saturated carbocycles. The van der Waals surface area contributed by atoms with Crippen LogP contribution in [0.15, 0.2) is 12.0 Å². The average molecular weight is 330 g/mol. The molecule has 1 heterocycles. The van der Waals surface area contributed by atoms with E-state index in [1.807, 2.05) is 0 Å². The molecule has 0 aromatic heterocycles. The summed E-state index contributed by atoms with van der Waals surface area (Å²) < 4.78 is 25.1. The highest BCUT2D eigenvalue weighted by atomic mass is 16.7. The Morgan fingerprint density at radius 3 is 1.96 bits per heavy atom. The zero-order chi connectivity index (χ0) is 17.6. The van der Waals surface area contributed by atoms with Gasteiger partial charge >= 0.3 is 23.9 Å². The molecule has 0 amide bonds. The van der Waals surface area contributed by atoms with Gasteiger partial charge in [-0.25, -0.2) is 0 Å². The maximum Gasteiger partial charge on any atom is 0.307 e. The lowest BCUT2D eigenvalue weighted by Gasteiger charge is -2.35. The Labute approximate surface area is 132 Å². The van der Waals surface area contributed by atoms with Crippen LogP contribution in [-0.4, -0.2) is 42.4 Å². The molecule has 9 heteroatoms. The van der Waals surface area contributed by atoms with Gasteiger partial charge in [0, 0.05) is 27.7 Å². The van der Waals surface area contributed by atoms with Crippen molar-refractivity contribution in [2.75, 3.05) is 0 Å². The Kier molecular flexibility index (Phi) is 6.55. The molecule has 1 aliphatic heterocycles. The van der Waals surface area contributed by atoms with Crippen LogP contribution in [0.1, 0.15) is 34.1 Å². The molecule has 0 aliphatic carbocycles. The maximum atomic E-state index is 11.2. The summed E-state index contributed by atoms with van der Waals surface area (Å²) in [5.41, 5.74) is 0. The Hall–Kier alpha value is -2.58. The maximum absolute atomic E-state index is 11.2. The van der Waals surface area contributed by atoms with Crippen LogP contribution in [0.5, 0.6) is 0 Å². The van der Waals surface area contributed by atoms with Gasteiger partial charge in [-0.2, -0.15) is 0 Å². The van der Waals surface area contributed by atoms with Crippen LogP contribution >= 0.6 is 0 Å². The molecule has 0 bridgehead atoms. The molecule has 3 atom stereocenters. The number of esters is 4. The molecule has 1 aliphatic rings. The van der Waals surface area contributed by atoms with Crippen molar-refractivity contribution in [3.05, 3.63) is 12.0 Å². The fourth-order valence-electron chi connectivity index (χ4n) is 1.89. The molecule has 23 heavy (non-hydrogen) atoms. The number of ether oxygens (including phenoxy) is 5. The van der Waals surface area contributed by atoms with Crippen LogP contribution in [0, 0.1) is 0 Å². The number of carbonyl (C=O) groups is 4. The quantitative estimate of drug-likeness (QED) is 0.414. The van der Waals surface area contributed by atoms with Gasteiger partial charge in [-0.15, -0.1) is 0 Å². The molecule has 0 aromatic rings. The van der Waals surface area contributed by atoms with Crippen molar-refractivity contribution in [3.8, 4) is 0 Å². The van der Waals surface area contributed by atoms with Crippen molar-refractivity contribution in [3.63, 3.8) is 0 Å². The Morgan fingerprint density at radius 1 is 0.913 bits per heavy atom. The first-order valence-electron chi connectivity index (χ1n) is 6.74. The zero-order valence-corrected chi connectivity index (χ0v) is 13.2. The lowest BCUT2D eigenvalue weighted by molar-refractivity contribution is -0.210. The fourth-order valence-corrected chi connectivity index (χ4v) is 1.89. The number of hydrogen-bond acceptors (Lipinski definition) is 9. The molecule has 1 fully saturated rings. The van der Waals surface area contributed by atoms with E-state index in [0.717, 1.165) is 20.1 Å². The third kappa shape index (κ3) is 6.37. The summed E-state index contributed by atoms with van der Waals surface area (Å²) in [7, 11) is 0. The molecule has 0 aromatic carbocycles. The number of rotatable bonds is 4. The van der Waals surface area contributed by atoms with Crippen molar-refractivity contribution in [2.24, 2.45) is 0 Å². The predicted octanol–water partition coefficient (Wildman–Crippen LogP) is 0.564. The van der Waals surface area contributed by atoms with Crippen LogP contribution < -0.4 is 0 Å². The van der Waals surface area contributed by atoms with Gasteiger partial charge in [0.1, 0.15) is 6.26 Å². The van der Waals surface area contributed by atoms with Crippen LogP contribution in [-0.2, 0) is 42.9 Å². The second-order valence-corrected chi connectivity index (χ2v) is 4.70. The highest BCUT2D eigenvalue weighted by molar-refractivity contribution is 5.68. The molecule has 1 saturated heterocycles. The summed E-state index contributed by atoms with van der Waals surface area (Å²) in [4.78, 5) is 44.5. The van der Waals surface area contributed by atoms with Gasteiger partial charge in [-0.05, 0) is 0 Å². The van der Waals surface area contributed by atoms with Crippen LogP contribution in [0.2, 0.25) is 0 Å². The van der Waals surface area contributed by atoms with Gasteiger partial charge in [0.2, 0.25) is 6.29 Å². The molecule has 1 unspecified atom stereocenters. The predicted molar refractivity (Wildman–Crippen MR) is 72.2 cm³/mol. The van der Waals surface area contributed by atoms with Crippen molar-refractivity contribution in [2.45, 2.75) is 52.6 Å². The molecule has 0 N–H and O–H groups in total. The minimum Gasteiger partial charge on any atom is -0.458 e. The molecular formula is C14H18O9. The summed E-state index contributed by atoms with van der Waals surface area (Å²) in [6.45, 7) is 4.68. The molecule has 9 nitrogen and oxygen atoms in total. The number of hydrogen-bond donors (Lipinski definition) is 0.